The van der Waals surface area contributed by atoms with Crippen molar-refractivity contribution in [2.45, 2.75) is 51.6 Å². The Kier molecular flexibility index (Phi) is 8.11. The molecule has 0 saturated carbocycles. The van der Waals surface area contributed by atoms with Gasteiger partial charge in [-0.15, -0.1) is 0 Å². The topological polar surface area (TPSA) is 61.6 Å². The average Bonchev–Trinajstić information content (AvgIpc) is 2.50. The van der Waals surface area contributed by atoms with E-state index in [-0.39, 0.29) is 11.9 Å². The minimum Gasteiger partial charge on any atom is -0.356 e. The smallest absolute Gasteiger partial charge is 0.221 e. The van der Waals surface area contributed by atoms with Crippen LogP contribution in [-0.2, 0) is 4.79 Å². The second-order valence-corrected chi connectivity index (χ2v) is 5.77. The van der Waals surface area contributed by atoms with Crippen LogP contribution in [0.5, 0.6) is 0 Å². The van der Waals surface area contributed by atoms with Crippen LogP contribution in [0, 0.1) is 0 Å². The van der Waals surface area contributed by atoms with Crippen LogP contribution >= 0.6 is 0 Å². The van der Waals surface area contributed by atoms with Crippen molar-refractivity contribution in [2.75, 3.05) is 39.8 Å². The standard InChI is InChI=1S/C15H32N4O/c1-4-8-17-15(20)11-14(12-16)18(3)13-6-9-19(5-2)10-7-13/h13-14H,4-12,16H2,1-3H3,(H,17,20). The zero-order valence-electron chi connectivity index (χ0n) is 13.4. The van der Waals surface area contributed by atoms with Gasteiger partial charge in [0.2, 0.25) is 5.91 Å². The largest absolute Gasteiger partial charge is 0.356 e. The third-order valence-electron chi connectivity index (χ3n) is 4.42. The summed E-state index contributed by atoms with van der Waals surface area (Å²) in [5.74, 6) is 0.125. The minimum atomic E-state index is 0.125. The van der Waals surface area contributed by atoms with E-state index in [4.69, 9.17) is 5.73 Å². The second kappa shape index (κ2) is 9.32. The van der Waals surface area contributed by atoms with Gasteiger partial charge in [0.25, 0.3) is 0 Å². The summed E-state index contributed by atoms with van der Waals surface area (Å²) in [6.45, 7) is 9.03. The lowest BCUT2D eigenvalue weighted by Gasteiger charge is -2.39. The van der Waals surface area contributed by atoms with Crippen molar-refractivity contribution in [1.29, 1.82) is 0 Å². The molecule has 0 radical (unpaired) electrons. The first-order chi connectivity index (χ1) is 9.62. The number of nitrogens with two attached hydrogens (primary N) is 1. The molecule has 1 atom stereocenters. The van der Waals surface area contributed by atoms with E-state index in [0.717, 1.165) is 32.6 Å². The molecule has 1 heterocycles. The minimum absolute atomic E-state index is 0.125. The SMILES string of the molecule is CCCNC(=O)CC(CN)N(C)C1CCN(CC)CC1. The summed E-state index contributed by atoms with van der Waals surface area (Å²) < 4.78 is 0. The molecule has 1 unspecified atom stereocenters. The van der Waals surface area contributed by atoms with Gasteiger partial charge in [0.1, 0.15) is 0 Å². The Morgan fingerprint density at radius 1 is 1.40 bits per heavy atom. The summed E-state index contributed by atoms with van der Waals surface area (Å²) in [6.07, 6.45) is 3.85. The Labute approximate surface area is 123 Å². The molecule has 0 bridgehead atoms. The van der Waals surface area contributed by atoms with Crippen LogP contribution in [0.25, 0.3) is 0 Å². The number of hydrogen-bond donors (Lipinski definition) is 2. The van der Waals surface area contributed by atoms with E-state index in [0.29, 0.717) is 19.0 Å². The van der Waals surface area contributed by atoms with E-state index in [2.05, 4.69) is 36.0 Å². The Morgan fingerprint density at radius 2 is 2.05 bits per heavy atom. The lowest BCUT2D eigenvalue weighted by Crippen LogP contribution is -2.50. The van der Waals surface area contributed by atoms with Crippen LogP contribution < -0.4 is 11.1 Å². The van der Waals surface area contributed by atoms with E-state index < -0.39 is 0 Å². The fraction of sp³-hybridized carbons (Fsp3) is 0.933. The van der Waals surface area contributed by atoms with Crippen molar-refractivity contribution in [3.8, 4) is 0 Å². The van der Waals surface area contributed by atoms with Crippen molar-refractivity contribution in [3.05, 3.63) is 0 Å². The molecule has 0 aromatic rings. The van der Waals surface area contributed by atoms with Gasteiger partial charge in [-0.2, -0.15) is 0 Å². The molecule has 1 rings (SSSR count). The summed E-state index contributed by atoms with van der Waals surface area (Å²) in [4.78, 5) is 16.7. The molecular weight excluding hydrogens is 252 g/mol. The first kappa shape index (κ1) is 17.4. The molecule has 5 nitrogen and oxygen atoms in total. The molecule has 1 fully saturated rings. The van der Waals surface area contributed by atoms with Crippen molar-refractivity contribution in [1.82, 2.24) is 15.1 Å². The van der Waals surface area contributed by atoms with Gasteiger partial charge in [-0.1, -0.05) is 13.8 Å². The first-order valence-corrected chi connectivity index (χ1v) is 8.03. The molecule has 0 spiro atoms. The highest BCUT2D eigenvalue weighted by molar-refractivity contribution is 5.76. The molecule has 0 aromatic heterocycles. The third-order valence-corrected chi connectivity index (χ3v) is 4.42. The fourth-order valence-corrected chi connectivity index (χ4v) is 2.89. The molecule has 1 amide bonds. The maximum atomic E-state index is 11.9. The highest BCUT2D eigenvalue weighted by Gasteiger charge is 2.27. The maximum Gasteiger partial charge on any atom is 0.221 e. The van der Waals surface area contributed by atoms with Gasteiger partial charge in [0, 0.05) is 31.6 Å². The zero-order valence-corrected chi connectivity index (χ0v) is 13.4. The molecule has 1 aliphatic rings. The molecule has 20 heavy (non-hydrogen) atoms. The lowest BCUT2D eigenvalue weighted by atomic mass is 10.0. The highest BCUT2D eigenvalue weighted by atomic mass is 16.1. The second-order valence-electron chi connectivity index (χ2n) is 5.77. The highest BCUT2D eigenvalue weighted by Crippen LogP contribution is 2.18. The number of likely N-dealkylation sites (N-methyl/N-ethyl adjacent to an activating group) is 1. The summed E-state index contributed by atoms with van der Waals surface area (Å²) in [5, 5.41) is 2.94. The number of likely N-dealkylation sites (tertiary alicyclic amines) is 1. The lowest BCUT2D eigenvalue weighted by molar-refractivity contribution is -0.122. The molecule has 3 N–H and O–H groups in total. The van der Waals surface area contributed by atoms with Crippen molar-refractivity contribution < 1.29 is 4.79 Å². The summed E-state index contributed by atoms with van der Waals surface area (Å²) >= 11 is 0. The number of carbonyl (C=O) groups is 1. The van der Waals surface area contributed by atoms with Gasteiger partial charge in [0.15, 0.2) is 0 Å². The van der Waals surface area contributed by atoms with Gasteiger partial charge in [-0.3, -0.25) is 9.69 Å². The van der Waals surface area contributed by atoms with Crippen LogP contribution in [0.2, 0.25) is 0 Å². The normalized spacial score (nSPS) is 19.2. The van der Waals surface area contributed by atoms with Gasteiger partial charge < -0.3 is 16.0 Å². The third kappa shape index (κ3) is 5.38. The molecule has 0 aromatic carbocycles. The van der Waals surface area contributed by atoms with E-state index >= 15 is 0 Å². The Bertz CT molecular complexity index is 277. The molecule has 1 saturated heterocycles. The zero-order chi connectivity index (χ0) is 15.0. The van der Waals surface area contributed by atoms with E-state index in [1.165, 1.54) is 12.8 Å². The van der Waals surface area contributed by atoms with Crippen LogP contribution in [0.3, 0.4) is 0 Å². The number of amides is 1. The fourth-order valence-electron chi connectivity index (χ4n) is 2.89. The van der Waals surface area contributed by atoms with E-state index in [9.17, 15) is 4.79 Å². The number of carbonyl (C=O) groups excluding carboxylic acids is 1. The predicted octanol–water partition coefficient (Wildman–Crippen LogP) is 0.646. The Balaban J connectivity index is 2.42. The number of piperidine rings is 1. The first-order valence-electron chi connectivity index (χ1n) is 8.03. The van der Waals surface area contributed by atoms with Crippen molar-refractivity contribution in [3.63, 3.8) is 0 Å². The van der Waals surface area contributed by atoms with Gasteiger partial charge in [-0.25, -0.2) is 0 Å². The predicted molar refractivity (Wildman–Crippen MR) is 83.7 cm³/mol. The molecule has 5 heteroatoms. The Hall–Kier alpha value is -0.650. The van der Waals surface area contributed by atoms with Gasteiger partial charge in [0.05, 0.1) is 0 Å². The van der Waals surface area contributed by atoms with Crippen LogP contribution in [0.4, 0.5) is 0 Å². The Morgan fingerprint density at radius 3 is 2.55 bits per heavy atom. The quantitative estimate of drug-likeness (QED) is 0.687. The number of rotatable bonds is 8. The number of nitrogens with zero attached hydrogens (tertiary/aromatic N) is 2. The van der Waals surface area contributed by atoms with E-state index in [1.54, 1.807) is 0 Å². The summed E-state index contributed by atoms with van der Waals surface area (Å²) in [6, 6.07) is 0.718. The molecule has 118 valence electrons. The van der Waals surface area contributed by atoms with Crippen molar-refractivity contribution in [2.24, 2.45) is 5.73 Å². The van der Waals surface area contributed by atoms with Crippen molar-refractivity contribution >= 4 is 5.91 Å². The van der Waals surface area contributed by atoms with E-state index in [1.807, 2.05) is 0 Å². The van der Waals surface area contributed by atoms with Gasteiger partial charge in [-0.05, 0) is 45.9 Å². The summed E-state index contributed by atoms with van der Waals surface area (Å²) in [5.41, 5.74) is 5.88. The summed E-state index contributed by atoms with van der Waals surface area (Å²) in [7, 11) is 2.12. The molecule has 1 aliphatic heterocycles. The molecular formula is C15H32N4O. The van der Waals surface area contributed by atoms with Gasteiger partial charge >= 0.3 is 0 Å². The number of nitrogens with one attached hydrogen (secondary N) is 1. The monoisotopic (exact) mass is 284 g/mol. The number of hydrogen-bond acceptors (Lipinski definition) is 4. The van der Waals surface area contributed by atoms with Crippen LogP contribution in [0.15, 0.2) is 0 Å². The maximum absolute atomic E-state index is 11.9. The van der Waals surface area contributed by atoms with Crippen LogP contribution in [-0.4, -0.2) is 67.6 Å². The van der Waals surface area contributed by atoms with Crippen LogP contribution in [0.1, 0.15) is 39.5 Å². The average molecular weight is 284 g/mol. The molecule has 0 aliphatic carbocycles.